The molecule has 0 spiro atoms. The van der Waals surface area contributed by atoms with Gasteiger partial charge in [-0.2, -0.15) is 4.99 Å². The van der Waals surface area contributed by atoms with E-state index in [-0.39, 0.29) is 18.3 Å². The van der Waals surface area contributed by atoms with Crippen molar-refractivity contribution >= 4 is 33.8 Å². The summed E-state index contributed by atoms with van der Waals surface area (Å²) in [5.74, 6) is -0.151. The van der Waals surface area contributed by atoms with E-state index >= 15 is 0 Å². The third-order valence-electron chi connectivity index (χ3n) is 1.89. The van der Waals surface area contributed by atoms with Crippen LogP contribution < -0.4 is 5.32 Å². The Balaban J connectivity index is 3.09. The predicted molar refractivity (Wildman–Crippen MR) is 71.5 cm³/mol. The van der Waals surface area contributed by atoms with Gasteiger partial charge in [0.25, 0.3) is 0 Å². The molecule has 1 aromatic carbocycles. The molecule has 0 aliphatic rings. The molecule has 0 aliphatic heterocycles. The van der Waals surface area contributed by atoms with Gasteiger partial charge in [0.1, 0.15) is 5.84 Å². The molecule has 18 heavy (non-hydrogen) atoms. The number of hydrogen-bond donors (Lipinski definition) is 1. The van der Waals surface area contributed by atoms with Crippen LogP contribution in [0.1, 0.15) is 19.4 Å². The van der Waals surface area contributed by atoms with Crippen LogP contribution in [0.3, 0.4) is 0 Å². The Morgan fingerprint density at radius 3 is 2.61 bits per heavy atom. The lowest BCUT2D eigenvalue weighted by Crippen LogP contribution is -2.30. The van der Waals surface area contributed by atoms with Crippen LogP contribution in [0.2, 0.25) is 0 Å². The van der Waals surface area contributed by atoms with Crippen molar-refractivity contribution in [1.29, 1.82) is 0 Å². The van der Waals surface area contributed by atoms with Gasteiger partial charge in [0, 0.05) is 17.0 Å². The van der Waals surface area contributed by atoms with E-state index in [9.17, 15) is 9.59 Å². The van der Waals surface area contributed by atoms with E-state index in [1.54, 1.807) is 25.1 Å². The molecule has 0 aromatic heterocycles. The van der Waals surface area contributed by atoms with Crippen molar-refractivity contribution in [2.24, 2.45) is 4.99 Å². The number of aliphatic imine (C=N–C) groups is 1. The van der Waals surface area contributed by atoms with E-state index in [2.05, 4.69) is 26.2 Å². The molecule has 0 saturated carbocycles. The minimum absolute atomic E-state index is 0.161. The van der Waals surface area contributed by atoms with E-state index in [1.165, 1.54) is 6.92 Å². The molecule has 0 aliphatic carbocycles. The number of rotatable bonds is 2. The molecule has 0 fully saturated rings. The number of benzene rings is 1. The summed E-state index contributed by atoms with van der Waals surface area (Å²) in [4.78, 5) is 26.2. The monoisotopic (exact) mass is 312 g/mol. The smallest absolute Gasteiger partial charge is 0.435 e. The van der Waals surface area contributed by atoms with Crippen molar-refractivity contribution in [3.63, 3.8) is 0 Å². The molecule has 1 aromatic rings. The normalized spacial score (nSPS) is 10.9. The first-order chi connectivity index (χ1) is 8.54. The molecule has 0 atom stereocenters. The Morgan fingerprint density at radius 1 is 1.39 bits per heavy atom. The Kier molecular flexibility index (Phi) is 5.51. The highest BCUT2D eigenvalue weighted by Crippen LogP contribution is 2.16. The Hall–Kier alpha value is -1.69. The van der Waals surface area contributed by atoms with E-state index in [0.29, 0.717) is 5.56 Å². The van der Waals surface area contributed by atoms with E-state index in [1.807, 2.05) is 6.07 Å². The lowest BCUT2D eigenvalue weighted by molar-refractivity contribution is -0.117. The highest BCUT2D eigenvalue weighted by atomic mass is 79.9. The minimum atomic E-state index is -0.739. The maximum atomic E-state index is 11.3. The van der Waals surface area contributed by atoms with Gasteiger partial charge in [-0.1, -0.05) is 34.1 Å². The van der Waals surface area contributed by atoms with Gasteiger partial charge in [-0.25, -0.2) is 4.79 Å². The molecule has 0 bridgehead atoms. The number of halogens is 1. The fourth-order valence-electron chi connectivity index (χ4n) is 1.22. The molecule has 0 radical (unpaired) electrons. The molecular formula is C12H13BrN2O3. The summed E-state index contributed by atoms with van der Waals surface area (Å²) in [5, 5.41) is 2.51. The second kappa shape index (κ2) is 6.90. The lowest BCUT2D eigenvalue weighted by Gasteiger charge is -2.08. The molecule has 5 nitrogen and oxygen atoms in total. The number of amides is 2. The van der Waals surface area contributed by atoms with Crippen molar-refractivity contribution in [2.75, 3.05) is 6.61 Å². The average Bonchev–Trinajstić information content (AvgIpc) is 2.28. The van der Waals surface area contributed by atoms with Crippen molar-refractivity contribution in [3.05, 3.63) is 34.3 Å². The van der Waals surface area contributed by atoms with E-state index in [4.69, 9.17) is 4.74 Å². The van der Waals surface area contributed by atoms with Crippen LogP contribution >= 0.6 is 15.9 Å². The molecule has 2 amide bonds. The van der Waals surface area contributed by atoms with Crippen molar-refractivity contribution in [2.45, 2.75) is 13.8 Å². The average molecular weight is 313 g/mol. The van der Waals surface area contributed by atoms with Crippen LogP contribution in [-0.4, -0.2) is 24.4 Å². The fraction of sp³-hybridized carbons (Fsp3) is 0.250. The van der Waals surface area contributed by atoms with Crippen LogP contribution in [0.25, 0.3) is 0 Å². The summed E-state index contributed by atoms with van der Waals surface area (Å²) in [6.45, 7) is 3.26. The zero-order chi connectivity index (χ0) is 13.5. The Labute approximate surface area is 113 Å². The van der Waals surface area contributed by atoms with Gasteiger partial charge in [0.05, 0.1) is 6.61 Å². The topological polar surface area (TPSA) is 67.8 Å². The van der Waals surface area contributed by atoms with Gasteiger partial charge in [0.15, 0.2) is 0 Å². The molecule has 0 unspecified atom stereocenters. The predicted octanol–water partition coefficient (Wildman–Crippen LogP) is 2.49. The Morgan fingerprint density at radius 2 is 2.06 bits per heavy atom. The van der Waals surface area contributed by atoms with Crippen molar-refractivity contribution in [1.82, 2.24) is 5.32 Å². The highest BCUT2D eigenvalue weighted by molar-refractivity contribution is 9.10. The molecule has 0 saturated heterocycles. The zero-order valence-electron chi connectivity index (χ0n) is 10.1. The Bertz CT molecular complexity index is 486. The number of carbonyl (C=O) groups is 2. The maximum absolute atomic E-state index is 11.3. The standard InChI is InChI=1S/C12H13BrN2O3/c1-3-18-12(17)15-11(14-8(2)16)9-6-4-5-7-10(9)13/h4-7H,3H2,1-2H3,(H,14,15,16,17). The third-order valence-corrected chi connectivity index (χ3v) is 2.59. The quantitative estimate of drug-likeness (QED) is 0.674. The molecule has 6 heteroatoms. The van der Waals surface area contributed by atoms with Crippen molar-refractivity contribution in [3.8, 4) is 0 Å². The molecule has 0 heterocycles. The lowest BCUT2D eigenvalue weighted by atomic mass is 10.2. The van der Waals surface area contributed by atoms with Gasteiger partial charge in [-0.05, 0) is 13.0 Å². The largest absolute Gasteiger partial charge is 0.448 e. The van der Waals surface area contributed by atoms with Gasteiger partial charge in [-0.3, -0.25) is 4.79 Å². The summed E-state index contributed by atoms with van der Waals surface area (Å²) in [5.41, 5.74) is 0.612. The highest BCUT2D eigenvalue weighted by Gasteiger charge is 2.11. The van der Waals surface area contributed by atoms with Crippen LogP contribution in [0.4, 0.5) is 4.79 Å². The second-order valence-corrected chi connectivity index (χ2v) is 4.17. The first-order valence-electron chi connectivity index (χ1n) is 5.32. The number of hydrogen-bond acceptors (Lipinski definition) is 3. The maximum Gasteiger partial charge on any atom is 0.435 e. The third kappa shape index (κ3) is 4.29. The van der Waals surface area contributed by atoms with Crippen LogP contribution in [0, 0.1) is 0 Å². The number of ether oxygens (including phenoxy) is 1. The zero-order valence-corrected chi connectivity index (χ0v) is 11.7. The number of nitrogens with one attached hydrogen (secondary N) is 1. The van der Waals surface area contributed by atoms with E-state index in [0.717, 1.165) is 4.47 Å². The number of nitrogens with zero attached hydrogens (tertiary/aromatic N) is 1. The van der Waals surface area contributed by atoms with Crippen LogP contribution in [-0.2, 0) is 9.53 Å². The second-order valence-electron chi connectivity index (χ2n) is 3.32. The first kappa shape index (κ1) is 14.4. The number of carbonyl (C=O) groups excluding carboxylic acids is 2. The summed E-state index contributed by atoms with van der Waals surface area (Å²) < 4.78 is 5.45. The van der Waals surface area contributed by atoms with Crippen LogP contribution in [0.5, 0.6) is 0 Å². The SMILES string of the molecule is CCOC(=O)N=C(NC(C)=O)c1ccccc1Br. The summed E-state index contributed by atoms with van der Waals surface area (Å²) in [6, 6.07) is 7.13. The van der Waals surface area contributed by atoms with Gasteiger partial charge < -0.3 is 10.1 Å². The summed E-state index contributed by atoms with van der Waals surface area (Å²) >= 11 is 3.33. The van der Waals surface area contributed by atoms with Crippen LogP contribution in [0.15, 0.2) is 33.7 Å². The summed E-state index contributed by atoms with van der Waals surface area (Å²) in [6.07, 6.45) is -0.739. The van der Waals surface area contributed by atoms with Gasteiger partial charge >= 0.3 is 6.09 Å². The minimum Gasteiger partial charge on any atom is -0.448 e. The molecular weight excluding hydrogens is 300 g/mol. The van der Waals surface area contributed by atoms with Crippen molar-refractivity contribution < 1.29 is 14.3 Å². The fourth-order valence-corrected chi connectivity index (χ4v) is 1.70. The molecule has 1 rings (SSSR count). The first-order valence-corrected chi connectivity index (χ1v) is 6.11. The molecule has 96 valence electrons. The number of amidine groups is 1. The summed E-state index contributed by atoms with van der Waals surface area (Å²) in [7, 11) is 0. The van der Waals surface area contributed by atoms with Gasteiger partial charge in [-0.15, -0.1) is 0 Å². The van der Waals surface area contributed by atoms with Gasteiger partial charge in [0.2, 0.25) is 5.91 Å². The molecule has 1 N–H and O–H groups in total. The van der Waals surface area contributed by atoms with E-state index < -0.39 is 6.09 Å².